The Hall–Kier alpha value is -4.77. The van der Waals surface area contributed by atoms with Crippen molar-refractivity contribution in [3.63, 3.8) is 0 Å². The minimum atomic E-state index is -3.82. The highest BCUT2D eigenvalue weighted by atomic mass is 32.2. The SMILES string of the molecule is COC[C@@H]1CCc2cc3c(c(NC(=O)N=[S@](=O)(NC(c4ccccc4)(c4ccccc4)c4ccccc4)c4cnn5c4O[C@@H](C)C5)c21)CCC3. The maximum absolute atomic E-state index is 16.0. The number of rotatable bonds is 9. The number of methoxy groups -OCH3 is 1. The summed E-state index contributed by atoms with van der Waals surface area (Å²) in [6, 6.07) is 31.2. The molecule has 256 valence electrons. The lowest BCUT2D eigenvalue weighted by molar-refractivity contribution is 0.179. The highest BCUT2D eigenvalue weighted by molar-refractivity contribution is 7.92. The summed E-state index contributed by atoms with van der Waals surface area (Å²) in [5.41, 5.74) is 6.88. The standard InChI is InChI=1S/C40H41N5O4S/c1-27-25-45-38(49-27)35(24-41-45)50(47,43-39(46)42-37-34-20-12-13-28(34)23-29-21-22-30(26-48-2)36(29)37)44-40(31-14-6-3-7-15-31,32-16-8-4-9-17-32)33-18-10-5-11-19-33/h3-11,14-19,23-24,27,30H,12-13,20-22,25-26H2,1-2H3,(H2,42,43,44,46,47)/t27-,30-,50-/m0/s1. The average Bonchev–Trinajstić information content (AvgIpc) is 3.93. The molecule has 10 heteroatoms. The van der Waals surface area contributed by atoms with E-state index in [0.29, 0.717) is 19.0 Å². The molecule has 2 amide bonds. The van der Waals surface area contributed by atoms with Crippen molar-refractivity contribution < 1.29 is 18.5 Å². The Labute approximate surface area is 293 Å². The Morgan fingerprint density at radius 3 is 2.22 bits per heavy atom. The molecule has 8 rings (SSSR count). The van der Waals surface area contributed by atoms with Gasteiger partial charge < -0.3 is 14.8 Å². The zero-order chi connectivity index (χ0) is 34.3. The number of ether oxygens (including phenoxy) is 2. The minimum Gasteiger partial charge on any atom is -0.472 e. The third-order valence-electron chi connectivity index (χ3n) is 10.2. The molecule has 2 N–H and O–H groups in total. The van der Waals surface area contributed by atoms with Gasteiger partial charge in [0.1, 0.15) is 16.5 Å². The Kier molecular flexibility index (Phi) is 8.54. The molecule has 50 heavy (non-hydrogen) atoms. The first-order valence-corrected chi connectivity index (χ1v) is 18.8. The molecule has 5 aromatic rings. The van der Waals surface area contributed by atoms with Crippen molar-refractivity contribution in [2.45, 2.75) is 68.0 Å². The van der Waals surface area contributed by atoms with E-state index >= 15 is 4.21 Å². The van der Waals surface area contributed by atoms with E-state index in [2.05, 4.69) is 25.6 Å². The third-order valence-corrected chi connectivity index (χ3v) is 12.1. The topological polar surface area (TPSA) is 107 Å². The zero-order valence-corrected chi connectivity index (χ0v) is 29.1. The molecule has 0 saturated carbocycles. The largest absolute Gasteiger partial charge is 0.472 e. The molecule has 0 unspecified atom stereocenters. The van der Waals surface area contributed by atoms with E-state index in [-0.39, 0.29) is 16.9 Å². The van der Waals surface area contributed by atoms with Crippen molar-refractivity contribution in [1.29, 1.82) is 0 Å². The number of fused-ring (bicyclic) bond motifs is 3. The number of urea groups is 1. The molecular weight excluding hydrogens is 647 g/mol. The number of hydrogen-bond donors (Lipinski definition) is 2. The molecule has 0 fully saturated rings. The molecule has 2 heterocycles. The van der Waals surface area contributed by atoms with E-state index in [9.17, 15) is 4.79 Å². The minimum absolute atomic E-state index is 0.161. The normalized spacial score (nSPS) is 18.8. The maximum atomic E-state index is 16.0. The lowest BCUT2D eigenvalue weighted by atomic mass is 9.78. The van der Waals surface area contributed by atoms with Crippen molar-refractivity contribution in [2.24, 2.45) is 4.36 Å². The Morgan fingerprint density at radius 2 is 1.60 bits per heavy atom. The first-order valence-electron chi connectivity index (χ1n) is 17.3. The van der Waals surface area contributed by atoms with E-state index in [0.717, 1.165) is 65.6 Å². The second-order valence-corrected chi connectivity index (χ2v) is 15.3. The predicted octanol–water partition coefficient (Wildman–Crippen LogP) is 7.38. The van der Waals surface area contributed by atoms with Gasteiger partial charge in [-0.2, -0.15) is 5.10 Å². The zero-order valence-electron chi connectivity index (χ0n) is 28.3. The summed E-state index contributed by atoms with van der Waals surface area (Å²) in [4.78, 5) is 14.7. The van der Waals surface area contributed by atoms with Crippen molar-refractivity contribution in [2.75, 3.05) is 19.0 Å². The molecular formula is C40H41N5O4S. The van der Waals surface area contributed by atoms with Crippen LogP contribution in [-0.2, 0) is 46.0 Å². The highest BCUT2D eigenvalue weighted by Crippen LogP contribution is 2.45. The van der Waals surface area contributed by atoms with E-state index in [1.807, 2.05) is 97.9 Å². The van der Waals surface area contributed by atoms with Gasteiger partial charge in [0.2, 0.25) is 5.88 Å². The summed E-state index contributed by atoms with van der Waals surface area (Å²) >= 11 is 0. The number of anilines is 1. The van der Waals surface area contributed by atoms with Crippen LogP contribution in [0.25, 0.3) is 0 Å². The van der Waals surface area contributed by atoms with Crippen LogP contribution in [0.5, 0.6) is 5.88 Å². The molecule has 4 aromatic carbocycles. The van der Waals surface area contributed by atoms with E-state index in [4.69, 9.17) is 9.47 Å². The number of aryl methyl sites for hydroxylation is 2. The second-order valence-electron chi connectivity index (χ2n) is 13.4. The first-order chi connectivity index (χ1) is 24.4. The van der Waals surface area contributed by atoms with Gasteiger partial charge >= 0.3 is 6.03 Å². The quantitative estimate of drug-likeness (QED) is 0.157. The number of nitrogens with one attached hydrogen (secondary N) is 2. The number of aromatic nitrogens is 2. The average molecular weight is 688 g/mol. The number of hydrogen-bond acceptors (Lipinski definition) is 5. The predicted molar refractivity (Wildman–Crippen MR) is 194 cm³/mol. The summed E-state index contributed by atoms with van der Waals surface area (Å²) in [6.07, 6.45) is 6.10. The van der Waals surface area contributed by atoms with Crippen LogP contribution in [-0.4, -0.2) is 39.8 Å². The van der Waals surface area contributed by atoms with E-state index in [1.54, 1.807) is 11.8 Å². The summed E-state index contributed by atoms with van der Waals surface area (Å²) in [6.45, 7) is 3.00. The van der Waals surface area contributed by atoms with Crippen LogP contribution < -0.4 is 14.8 Å². The molecule has 1 aliphatic heterocycles. The highest BCUT2D eigenvalue weighted by Gasteiger charge is 2.42. The Balaban J connectivity index is 1.33. The van der Waals surface area contributed by atoms with Crippen LogP contribution in [0, 0.1) is 0 Å². The van der Waals surface area contributed by atoms with Gasteiger partial charge in [-0.1, -0.05) is 97.1 Å². The van der Waals surface area contributed by atoms with Gasteiger partial charge in [0, 0.05) is 18.7 Å². The monoisotopic (exact) mass is 687 g/mol. The first kappa shape index (κ1) is 32.4. The molecule has 0 bridgehead atoms. The fourth-order valence-electron chi connectivity index (χ4n) is 8.07. The van der Waals surface area contributed by atoms with E-state index < -0.39 is 21.5 Å². The summed E-state index contributed by atoms with van der Waals surface area (Å²) in [5, 5.41) is 7.73. The Bertz CT molecular complexity index is 2060. The van der Waals surface area contributed by atoms with Gasteiger partial charge in [-0.3, -0.25) is 0 Å². The van der Waals surface area contributed by atoms with Gasteiger partial charge in [0.15, 0.2) is 9.92 Å². The van der Waals surface area contributed by atoms with Crippen LogP contribution in [0.3, 0.4) is 0 Å². The van der Waals surface area contributed by atoms with Crippen molar-refractivity contribution >= 4 is 21.6 Å². The molecule has 2 aliphatic carbocycles. The molecule has 3 atom stereocenters. The van der Waals surface area contributed by atoms with Gasteiger partial charge in [-0.15, -0.1) is 4.36 Å². The third kappa shape index (κ3) is 5.61. The van der Waals surface area contributed by atoms with Crippen molar-refractivity contribution in [3.05, 3.63) is 142 Å². The van der Waals surface area contributed by atoms with Gasteiger partial charge in [-0.05, 0) is 78.0 Å². The summed E-state index contributed by atoms with van der Waals surface area (Å²) in [7, 11) is -2.10. The fraction of sp³-hybridized carbons (Fsp3) is 0.300. The smallest absolute Gasteiger partial charge is 0.354 e. The van der Waals surface area contributed by atoms with Gasteiger partial charge in [0.05, 0.1) is 19.3 Å². The van der Waals surface area contributed by atoms with Crippen LogP contribution in [0.2, 0.25) is 0 Å². The number of carbonyl (C=O) groups is 1. The van der Waals surface area contributed by atoms with Crippen LogP contribution in [0.15, 0.2) is 113 Å². The van der Waals surface area contributed by atoms with Crippen molar-refractivity contribution in [3.8, 4) is 5.88 Å². The summed E-state index contributed by atoms with van der Waals surface area (Å²) in [5.74, 6) is 0.505. The second kappa shape index (κ2) is 13.2. The number of nitrogens with zero attached hydrogens (tertiary/aromatic N) is 3. The molecule has 3 aliphatic rings. The summed E-state index contributed by atoms with van der Waals surface area (Å²) < 4.78 is 37.7. The Morgan fingerprint density at radius 1 is 0.960 bits per heavy atom. The van der Waals surface area contributed by atoms with Crippen LogP contribution in [0.1, 0.15) is 64.6 Å². The van der Waals surface area contributed by atoms with Crippen LogP contribution in [0.4, 0.5) is 10.5 Å². The van der Waals surface area contributed by atoms with Crippen molar-refractivity contribution in [1.82, 2.24) is 14.5 Å². The lowest BCUT2D eigenvalue weighted by Gasteiger charge is -2.37. The number of carbonyl (C=O) groups excluding carboxylic acids is 1. The molecule has 0 radical (unpaired) electrons. The van der Waals surface area contributed by atoms with Gasteiger partial charge in [0.25, 0.3) is 0 Å². The number of amides is 2. The fourth-order valence-corrected chi connectivity index (χ4v) is 9.95. The molecule has 0 spiro atoms. The van der Waals surface area contributed by atoms with Gasteiger partial charge in [-0.25, -0.2) is 18.4 Å². The lowest BCUT2D eigenvalue weighted by Crippen LogP contribution is -2.48. The van der Waals surface area contributed by atoms with Crippen LogP contribution >= 0.6 is 0 Å². The maximum Gasteiger partial charge on any atom is 0.354 e. The molecule has 1 aromatic heterocycles. The van der Waals surface area contributed by atoms with E-state index in [1.165, 1.54) is 17.3 Å². The molecule has 0 saturated heterocycles. The number of benzene rings is 4. The molecule has 9 nitrogen and oxygen atoms in total.